The number of rotatable bonds is 7. The van der Waals surface area contributed by atoms with Gasteiger partial charge in [0.1, 0.15) is 11.5 Å². The minimum Gasteiger partial charge on any atom is -0.507 e. The van der Waals surface area contributed by atoms with Crippen LogP contribution in [0.5, 0.6) is 11.5 Å². The average Bonchev–Trinajstić information content (AvgIpc) is 2.36. The molecule has 0 unspecified atom stereocenters. The highest BCUT2D eigenvalue weighted by Crippen LogP contribution is 2.22. The van der Waals surface area contributed by atoms with E-state index in [2.05, 4.69) is 10.0 Å². The summed E-state index contributed by atoms with van der Waals surface area (Å²) in [5.41, 5.74) is 0.692. The van der Waals surface area contributed by atoms with Crippen LogP contribution in [0.1, 0.15) is 5.56 Å². The lowest BCUT2D eigenvalue weighted by Gasteiger charge is -2.08. The Morgan fingerprint density at radius 3 is 2.67 bits per heavy atom. The molecule has 0 atom stereocenters. The summed E-state index contributed by atoms with van der Waals surface area (Å²) in [5, 5.41) is 12.6. The molecule has 0 radical (unpaired) electrons. The van der Waals surface area contributed by atoms with E-state index in [-0.39, 0.29) is 11.5 Å². The lowest BCUT2D eigenvalue weighted by Crippen LogP contribution is -2.29. The highest BCUT2D eigenvalue weighted by atomic mass is 32.2. The van der Waals surface area contributed by atoms with Gasteiger partial charge in [0.25, 0.3) is 0 Å². The molecular weight excluding hydrogens is 256 g/mol. The second kappa shape index (κ2) is 6.58. The van der Waals surface area contributed by atoms with Crippen LogP contribution in [0.4, 0.5) is 0 Å². The van der Waals surface area contributed by atoms with E-state index in [4.69, 9.17) is 4.74 Å². The van der Waals surface area contributed by atoms with Gasteiger partial charge >= 0.3 is 0 Å². The van der Waals surface area contributed by atoms with Crippen LogP contribution in [0.3, 0.4) is 0 Å². The van der Waals surface area contributed by atoms with Crippen LogP contribution in [-0.2, 0) is 16.6 Å². The first-order valence-electron chi connectivity index (χ1n) is 5.46. The summed E-state index contributed by atoms with van der Waals surface area (Å²) >= 11 is 0. The van der Waals surface area contributed by atoms with Crippen molar-refractivity contribution in [1.29, 1.82) is 0 Å². The van der Waals surface area contributed by atoms with Crippen molar-refractivity contribution in [3.05, 3.63) is 23.8 Å². The number of sulfonamides is 1. The molecule has 0 amide bonds. The molecule has 0 saturated carbocycles. The number of benzene rings is 1. The Morgan fingerprint density at radius 1 is 1.39 bits per heavy atom. The van der Waals surface area contributed by atoms with Gasteiger partial charge in [-0.2, -0.15) is 0 Å². The highest BCUT2D eigenvalue weighted by Gasteiger charge is 2.06. The molecule has 0 aliphatic carbocycles. The summed E-state index contributed by atoms with van der Waals surface area (Å²) in [6.07, 6.45) is 0. The smallest absolute Gasteiger partial charge is 0.212 e. The summed E-state index contributed by atoms with van der Waals surface area (Å²) in [5.74, 6) is 0.702. The third-order valence-electron chi connectivity index (χ3n) is 2.47. The molecule has 1 rings (SSSR count). The molecule has 0 aliphatic heterocycles. The predicted octanol–water partition coefficient (Wildman–Crippen LogP) is 0.0396. The molecule has 0 aliphatic rings. The Hall–Kier alpha value is -1.31. The maximum absolute atomic E-state index is 11.1. The van der Waals surface area contributed by atoms with Crippen molar-refractivity contribution in [3.63, 3.8) is 0 Å². The molecule has 0 aromatic heterocycles. The van der Waals surface area contributed by atoms with Gasteiger partial charge in [-0.05, 0) is 13.1 Å². The van der Waals surface area contributed by atoms with Gasteiger partial charge in [0, 0.05) is 24.7 Å². The molecule has 0 heterocycles. The third-order valence-corrected chi connectivity index (χ3v) is 3.83. The molecule has 6 nitrogen and oxygen atoms in total. The van der Waals surface area contributed by atoms with E-state index in [0.717, 1.165) is 0 Å². The summed E-state index contributed by atoms with van der Waals surface area (Å²) in [4.78, 5) is 0. The molecule has 1 aromatic rings. The van der Waals surface area contributed by atoms with E-state index in [9.17, 15) is 13.5 Å². The molecule has 7 heteroatoms. The summed E-state index contributed by atoms with van der Waals surface area (Å²) in [7, 11) is -0.287. The van der Waals surface area contributed by atoms with E-state index in [1.807, 2.05) is 0 Å². The number of hydrogen-bond acceptors (Lipinski definition) is 5. The van der Waals surface area contributed by atoms with Crippen molar-refractivity contribution in [3.8, 4) is 11.5 Å². The van der Waals surface area contributed by atoms with Gasteiger partial charge in [0.15, 0.2) is 0 Å². The van der Waals surface area contributed by atoms with E-state index in [0.29, 0.717) is 24.4 Å². The summed E-state index contributed by atoms with van der Waals surface area (Å²) in [6.45, 7) is 0.712. The van der Waals surface area contributed by atoms with Gasteiger partial charge in [-0.1, -0.05) is 6.07 Å². The minimum atomic E-state index is -3.19. The van der Waals surface area contributed by atoms with Crippen molar-refractivity contribution in [2.24, 2.45) is 0 Å². The Kier molecular flexibility index (Phi) is 5.39. The maximum atomic E-state index is 11.1. The first kappa shape index (κ1) is 14.7. The molecular formula is C11H18N2O4S. The Bertz CT molecular complexity index is 488. The number of ether oxygens (including phenoxy) is 1. The quantitative estimate of drug-likeness (QED) is 0.611. The molecule has 0 fully saturated rings. The summed E-state index contributed by atoms with van der Waals surface area (Å²) < 4.78 is 29.5. The van der Waals surface area contributed by atoms with Gasteiger partial charge in [0.2, 0.25) is 10.0 Å². The number of phenolic OH excluding ortho intramolecular Hbond substituents is 1. The van der Waals surface area contributed by atoms with E-state index >= 15 is 0 Å². The topological polar surface area (TPSA) is 87.7 Å². The van der Waals surface area contributed by atoms with Crippen molar-refractivity contribution < 1.29 is 18.3 Å². The minimum absolute atomic E-state index is 0.000413. The Labute approximate surface area is 107 Å². The molecule has 102 valence electrons. The number of methoxy groups -OCH3 is 1. The fourth-order valence-electron chi connectivity index (χ4n) is 1.35. The van der Waals surface area contributed by atoms with E-state index in [1.165, 1.54) is 20.2 Å². The fourth-order valence-corrected chi connectivity index (χ4v) is 1.97. The molecule has 0 spiro atoms. The molecule has 0 bridgehead atoms. The standard InChI is InChI=1S/C11H18N2O4S/c1-12-18(15,16)6-5-13-8-9-3-4-10(17-2)7-11(9)14/h3-4,7,12-14H,5-6,8H2,1-2H3. The van der Waals surface area contributed by atoms with Gasteiger partial charge in [-0.25, -0.2) is 13.1 Å². The maximum Gasteiger partial charge on any atom is 0.212 e. The van der Waals surface area contributed by atoms with Crippen LogP contribution in [-0.4, -0.2) is 40.0 Å². The largest absolute Gasteiger partial charge is 0.507 e. The van der Waals surface area contributed by atoms with Crippen LogP contribution < -0.4 is 14.8 Å². The van der Waals surface area contributed by atoms with Gasteiger partial charge in [-0.15, -0.1) is 0 Å². The first-order valence-corrected chi connectivity index (χ1v) is 7.11. The lowest BCUT2D eigenvalue weighted by atomic mass is 10.2. The van der Waals surface area contributed by atoms with E-state index in [1.54, 1.807) is 12.1 Å². The SMILES string of the molecule is CNS(=O)(=O)CCNCc1ccc(OC)cc1O. The molecule has 0 saturated heterocycles. The fraction of sp³-hybridized carbons (Fsp3) is 0.455. The Morgan fingerprint density at radius 2 is 2.11 bits per heavy atom. The third kappa shape index (κ3) is 4.52. The summed E-state index contributed by atoms with van der Waals surface area (Å²) in [6, 6.07) is 4.98. The Balaban J connectivity index is 2.45. The van der Waals surface area contributed by atoms with Crippen molar-refractivity contribution in [2.45, 2.75) is 6.54 Å². The van der Waals surface area contributed by atoms with Crippen molar-refractivity contribution in [1.82, 2.24) is 10.0 Å². The van der Waals surface area contributed by atoms with Crippen molar-refractivity contribution >= 4 is 10.0 Å². The second-order valence-electron chi connectivity index (χ2n) is 3.69. The van der Waals surface area contributed by atoms with Gasteiger partial charge < -0.3 is 15.2 Å². The van der Waals surface area contributed by atoms with Crippen LogP contribution in [0.2, 0.25) is 0 Å². The lowest BCUT2D eigenvalue weighted by molar-refractivity contribution is 0.406. The van der Waals surface area contributed by atoms with Crippen LogP contribution in [0.15, 0.2) is 18.2 Å². The molecule has 18 heavy (non-hydrogen) atoms. The highest BCUT2D eigenvalue weighted by molar-refractivity contribution is 7.89. The van der Waals surface area contributed by atoms with Crippen LogP contribution in [0, 0.1) is 0 Å². The van der Waals surface area contributed by atoms with Crippen LogP contribution in [0.25, 0.3) is 0 Å². The zero-order valence-electron chi connectivity index (χ0n) is 10.4. The first-order chi connectivity index (χ1) is 8.48. The predicted molar refractivity (Wildman–Crippen MR) is 69.2 cm³/mol. The second-order valence-corrected chi connectivity index (χ2v) is 5.74. The van der Waals surface area contributed by atoms with E-state index < -0.39 is 10.0 Å². The van der Waals surface area contributed by atoms with Crippen LogP contribution >= 0.6 is 0 Å². The number of phenols is 1. The number of hydrogen-bond donors (Lipinski definition) is 3. The zero-order valence-corrected chi connectivity index (χ0v) is 11.3. The monoisotopic (exact) mass is 274 g/mol. The van der Waals surface area contributed by atoms with Gasteiger partial charge in [-0.3, -0.25) is 0 Å². The zero-order chi connectivity index (χ0) is 13.6. The van der Waals surface area contributed by atoms with Crippen molar-refractivity contribution in [2.75, 3.05) is 26.5 Å². The number of nitrogens with one attached hydrogen (secondary N) is 2. The average molecular weight is 274 g/mol. The molecule has 3 N–H and O–H groups in total. The normalized spacial score (nSPS) is 11.4. The number of aromatic hydroxyl groups is 1. The van der Waals surface area contributed by atoms with Gasteiger partial charge in [0.05, 0.1) is 12.9 Å². The molecule has 1 aromatic carbocycles.